The molecule has 114 valence electrons. The Labute approximate surface area is 127 Å². The first kappa shape index (κ1) is 14.6. The number of benzene rings is 1. The highest BCUT2D eigenvalue weighted by atomic mass is 16.2. The van der Waals surface area contributed by atoms with Crippen LogP contribution in [0.5, 0.6) is 0 Å². The molecule has 0 radical (unpaired) electrons. The van der Waals surface area contributed by atoms with Crippen molar-refractivity contribution in [2.45, 2.75) is 51.1 Å². The zero-order valence-electron chi connectivity index (χ0n) is 13.3. The molecule has 2 unspecified atom stereocenters. The Kier molecular flexibility index (Phi) is 3.78. The van der Waals surface area contributed by atoms with Crippen LogP contribution >= 0.6 is 0 Å². The van der Waals surface area contributed by atoms with Crippen molar-refractivity contribution in [3.05, 3.63) is 35.9 Å². The lowest BCUT2D eigenvalue weighted by atomic mass is 9.92. The van der Waals surface area contributed by atoms with Gasteiger partial charge in [-0.25, -0.2) is 0 Å². The first-order valence-electron chi connectivity index (χ1n) is 8.14. The van der Waals surface area contributed by atoms with Crippen LogP contribution in [0.25, 0.3) is 0 Å². The van der Waals surface area contributed by atoms with Gasteiger partial charge in [0.1, 0.15) is 0 Å². The summed E-state index contributed by atoms with van der Waals surface area (Å²) >= 11 is 0. The molecule has 1 saturated heterocycles. The van der Waals surface area contributed by atoms with Gasteiger partial charge in [-0.2, -0.15) is 0 Å². The Balaban J connectivity index is 1.81. The van der Waals surface area contributed by atoms with E-state index in [9.17, 15) is 4.79 Å². The van der Waals surface area contributed by atoms with Crippen molar-refractivity contribution in [2.24, 2.45) is 5.92 Å². The van der Waals surface area contributed by atoms with E-state index in [1.165, 1.54) is 5.56 Å². The van der Waals surface area contributed by atoms with Crippen molar-refractivity contribution in [3.63, 3.8) is 0 Å². The lowest BCUT2D eigenvalue weighted by Crippen LogP contribution is -2.60. The molecule has 0 aromatic heterocycles. The minimum Gasteiger partial charge on any atom is -0.336 e. The second kappa shape index (κ2) is 5.45. The van der Waals surface area contributed by atoms with Crippen molar-refractivity contribution in [3.8, 4) is 0 Å². The van der Waals surface area contributed by atoms with Gasteiger partial charge in [-0.1, -0.05) is 44.2 Å². The van der Waals surface area contributed by atoms with Gasteiger partial charge in [0.25, 0.3) is 0 Å². The van der Waals surface area contributed by atoms with Gasteiger partial charge >= 0.3 is 0 Å². The molecule has 1 aliphatic carbocycles. The molecule has 3 heteroatoms. The number of nitrogens with zero attached hydrogens (tertiary/aromatic N) is 1. The normalized spacial score (nSPS) is 27.7. The zero-order valence-corrected chi connectivity index (χ0v) is 13.3. The fourth-order valence-corrected chi connectivity index (χ4v) is 3.40. The summed E-state index contributed by atoms with van der Waals surface area (Å²) in [7, 11) is 0. The Morgan fingerprint density at radius 1 is 1.29 bits per heavy atom. The van der Waals surface area contributed by atoms with E-state index in [1.54, 1.807) is 0 Å². The summed E-state index contributed by atoms with van der Waals surface area (Å²) in [6, 6.07) is 11.0. The molecule has 1 saturated carbocycles. The zero-order chi connectivity index (χ0) is 15.0. The molecule has 1 aliphatic heterocycles. The van der Waals surface area contributed by atoms with Crippen LogP contribution < -0.4 is 5.32 Å². The molecule has 1 aromatic carbocycles. The third-order valence-corrected chi connectivity index (χ3v) is 5.15. The quantitative estimate of drug-likeness (QED) is 0.926. The van der Waals surface area contributed by atoms with Crippen LogP contribution in [-0.4, -0.2) is 36.0 Å². The van der Waals surface area contributed by atoms with Crippen LogP contribution in [0.4, 0.5) is 0 Å². The average molecular weight is 286 g/mol. The van der Waals surface area contributed by atoms with Gasteiger partial charge < -0.3 is 10.2 Å². The van der Waals surface area contributed by atoms with E-state index in [4.69, 9.17) is 0 Å². The highest BCUT2D eigenvalue weighted by Crippen LogP contribution is 2.50. The number of rotatable bonds is 3. The van der Waals surface area contributed by atoms with Gasteiger partial charge in [-0.3, -0.25) is 4.79 Å². The minimum atomic E-state index is -0.228. The van der Waals surface area contributed by atoms with Crippen molar-refractivity contribution in [1.29, 1.82) is 0 Å². The van der Waals surface area contributed by atoms with E-state index in [-0.39, 0.29) is 11.5 Å². The molecule has 2 fully saturated rings. The molecule has 0 spiro atoms. The Morgan fingerprint density at radius 3 is 2.52 bits per heavy atom. The molecule has 2 aliphatic rings. The van der Waals surface area contributed by atoms with Gasteiger partial charge in [0.2, 0.25) is 5.91 Å². The van der Waals surface area contributed by atoms with Gasteiger partial charge in [-0.05, 0) is 31.2 Å². The van der Waals surface area contributed by atoms with E-state index < -0.39 is 0 Å². The molecule has 1 heterocycles. The van der Waals surface area contributed by atoms with E-state index in [0.717, 1.165) is 25.9 Å². The average Bonchev–Trinajstić information content (AvgIpc) is 3.29. The molecule has 3 rings (SSSR count). The molecule has 21 heavy (non-hydrogen) atoms. The van der Waals surface area contributed by atoms with Gasteiger partial charge in [0, 0.05) is 25.2 Å². The van der Waals surface area contributed by atoms with Gasteiger partial charge in [0.05, 0.1) is 5.41 Å². The van der Waals surface area contributed by atoms with Gasteiger partial charge in [0.15, 0.2) is 0 Å². The van der Waals surface area contributed by atoms with Crippen LogP contribution in [0.2, 0.25) is 0 Å². The molecule has 3 nitrogen and oxygen atoms in total. The highest BCUT2D eigenvalue weighted by molar-refractivity contribution is 5.91. The Bertz CT molecular complexity index is 507. The number of amides is 1. The predicted octanol–water partition coefficient (Wildman–Crippen LogP) is 2.56. The fourth-order valence-electron chi connectivity index (χ4n) is 3.40. The number of carbonyl (C=O) groups excluding carboxylic acids is 1. The first-order valence-corrected chi connectivity index (χ1v) is 8.14. The van der Waals surface area contributed by atoms with Crippen LogP contribution in [0.3, 0.4) is 0 Å². The predicted molar refractivity (Wildman–Crippen MR) is 85.2 cm³/mol. The summed E-state index contributed by atoms with van der Waals surface area (Å²) in [5.41, 5.74) is 0.968. The lowest BCUT2D eigenvalue weighted by molar-refractivity contribution is -0.137. The number of carbonyl (C=O) groups is 1. The van der Waals surface area contributed by atoms with Crippen LogP contribution in [0.1, 0.15) is 39.2 Å². The fraction of sp³-hybridized carbons (Fsp3) is 0.611. The number of hydrogen-bond donors (Lipinski definition) is 1. The molecular weight excluding hydrogens is 260 g/mol. The smallest absolute Gasteiger partial charge is 0.233 e. The topological polar surface area (TPSA) is 32.3 Å². The largest absolute Gasteiger partial charge is 0.336 e. The SMILES string of the molecule is CC(C)C1CN(C(=O)C2(c3ccccc3)CC2)C(C)CN1. The summed E-state index contributed by atoms with van der Waals surface area (Å²) in [6.07, 6.45) is 2.00. The number of nitrogens with one attached hydrogen (secondary N) is 1. The first-order chi connectivity index (χ1) is 10.0. The van der Waals surface area contributed by atoms with E-state index in [0.29, 0.717) is 17.9 Å². The van der Waals surface area contributed by atoms with E-state index >= 15 is 0 Å². The monoisotopic (exact) mass is 286 g/mol. The molecule has 1 amide bonds. The molecule has 0 bridgehead atoms. The summed E-state index contributed by atoms with van der Waals surface area (Å²) in [6.45, 7) is 8.34. The molecular formula is C18H26N2O. The van der Waals surface area contributed by atoms with E-state index in [1.807, 2.05) is 18.2 Å². The summed E-state index contributed by atoms with van der Waals surface area (Å²) in [5.74, 6) is 0.896. The molecule has 2 atom stereocenters. The highest BCUT2D eigenvalue weighted by Gasteiger charge is 2.54. The Hall–Kier alpha value is -1.35. The molecule has 1 aromatic rings. The minimum absolute atomic E-state index is 0.228. The number of piperazine rings is 1. The van der Waals surface area contributed by atoms with Gasteiger partial charge in [-0.15, -0.1) is 0 Å². The summed E-state index contributed by atoms with van der Waals surface area (Å²) < 4.78 is 0. The maximum Gasteiger partial charge on any atom is 0.233 e. The summed E-state index contributed by atoms with van der Waals surface area (Å²) in [5, 5.41) is 3.57. The van der Waals surface area contributed by atoms with Crippen LogP contribution in [0, 0.1) is 5.92 Å². The number of hydrogen-bond acceptors (Lipinski definition) is 2. The van der Waals surface area contributed by atoms with E-state index in [2.05, 4.69) is 43.1 Å². The van der Waals surface area contributed by atoms with Crippen LogP contribution in [0.15, 0.2) is 30.3 Å². The third-order valence-electron chi connectivity index (χ3n) is 5.15. The van der Waals surface area contributed by atoms with Crippen molar-refractivity contribution >= 4 is 5.91 Å². The standard InChI is InChI=1S/C18H26N2O/c1-13(2)16-12-20(14(3)11-19-16)17(21)18(9-10-18)15-7-5-4-6-8-15/h4-8,13-14,16,19H,9-12H2,1-3H3. The lowest BCUT2D eigenvalue weighted by Gasteiger charge is -2.42. The van der Waals surface area contributed by atoms with Crippen LogP contribution in [-0.2, 0) is 10.2 Å². The van der Waals surface area contributed by atoms with Crippen molar-refractivity contribution in [1.82, 2.24) is 10.2 Å². The van der Waals surface area contributed by atoms with Crippen molar-refractivity contribution in [2.75, 3.05) is 13.1 Å². The molecule has 1 N–H and O–H groups in total. The second-order valence-electron chi connectivity index (χ2n) is 7.01. The maximum absolute atomic E-state index is 13.2. The third kappa shape index (κ3) is 2.59. The second-order valence-corrected chi connectivity index (χ2v) is 7.01. The maximum atomic E-state index is 13.2. The summed E-state index contributed by atoms with van der Waals surface area (Å²) in [4.78, 5) is 15.3. The van der Waals surface area contributed by atoms with Crippen molar-refractivity contribution < 1.29 is 4.79 Å². The Morgan fingerprint density at radius 2 is 1.95 bits per heavy atom.